The second-order valence-corrected chi connectivity index (χ2v) is 6.50. The molecule has 2 nitrogen and oxygen atoms in total. The van der Waals surface area contributed by atoms with Crippen LogP contribution in [-0.2, 0) is 13.0 Å². The molecule has 1 aromatic carbocycles. The van der Waals surface area contributed by atoms with Crippen LogP contribution in [0.2, 0.25) is 0 Å². The Morgan fingerprint density at radius 2 is 2.00 bits per heavy atom. The van der Waals surface area contributed by atoms with Gasteiger partial charge >= 0.3 is 0 Å². The summed E-state index contributed by atoms with van der Waals surface area (Å²) < 4.78 is 0. The predicted molar refractivity (Wildman–Crippen MR) is 87.0 cm³/mol. The quantitative estimate of drug-likeness (QED) is 0.819. The van der Waals surface area contributed by atoms with E-state index in [9.17, 15) is 0 Å². The van der Waals surface area contributed by atoms with Crippen LogP contribution in [0.5, 0.6) is 0 Å². The molecule has 1 aliphatic heterocycles. The summed E-state index contributed by atoms with van der Waals surface area (Å²) in [5, 5.41) is 3.63. The highest BCUT2D eigenvalue weighted by Gasteiger charge is 2.19. The van der Waals surface area contributed by atoms with Gasteiger partial charge in [0.15, 0.2) is 0 Å². The number of nitrogens with zero attached hydrogens (tertiary/aromatic N) is 1. The number of hydrogen-bond donors (Lipinski definition) is 1. The van der Waals surface area contributed by atoms with Crippen LogP contribution < -0.4 is 5.32 Å². The molecule has 1 unspecified atom stereocenters. The van der Waals surface area contributed by atoms with E-state index in [-0.39, 0.29) is 0 Å². The summed E-state index contributed by atoms with van der Waals surface area (Å²) in [6, 6.07) is 9.61. The molecule has 1 aliphatic rings. The molecule has 1 fully saturated rings. The Morgan fingerprint density at radius 1 is 1.25 bits per heavy atom. The van der Waals surface area contributed by atoms with E-state index in [4.69, 9.17) is 0 Å². The van der Waals surface area contributed by atoms with E-state index in [1.54, 1.807) is 0 Å². The molecule has 112 valence electrons. The Kier molecular flexibility index (Phi) is 6.06. The van der Waals surface area contributed by atoms with Gasteiger partial charge in [0, 0.05) is 25.7 Å². The summed E-state index contributed by atoms with van der Waals surface area (Å²) in [7, 11) is 0. The predicted octanol–water partition coefficient (Wildman–Crippen LogP) is 3.46. The first-order valence-electron chi connectivity index (χ1n) is 8.21. The van der Waals surface area contributed by atoms with Gasteiger partial charge in [-0.3, -0.25) is 4.90 Å². The topological polar surface area (TPSA) is 15.3 Å². The van der Waals surface area contributed by atoms with E-state index in [1.807, 2.05) is 0 Å². The lowest BCUT2D eigenvalue weighted by Gasteiger charge is -2.28. The Hall–Kier alpha value is -0.860. The lowest BCUT2D eigenvalue weighted by molar-refractivity contribution is 0.215. The SMILES string of the molecule is CCc1ccccc1CN(CC(C)C)CC1CCCN1. The normalized spacial score (nSPS) is 19.1. The largest absolute Gasteiger partial charge is 0.313 e. The van der Waals surface area contributed by atoms with Crippen LogP contribution in [0.25, 0.3) is 0 Å². The van der Waals surface area contributed by atoms with Crippen molar-refractivity contribution < 1.29 is 0 Å². The molecule has 0 saturated carbocycles. The molecule has 1 saturated heterocycles. The maximum Gasteiger partial charge on any atom is 0.0237 e. The highest BCUT2D eigenvalue weighted by molar-refractivity contribution is 5.26. The first-order valence-corrected chi connectivity index (χ1v) is 8.21. The maximum atomic E-state index is 3.63. The van der Waals surface area contributed by atoms with Gasteiger partial charge in [0.25, 0.3) is 0 Å². The molecule has 0 aromatic heterocycles. The minimum Gasteiger partial charge on any atom is -0.313 e. The third-order valence-electron chi connectivity index (χ3n) is 4.16. The first kappa shape index (κ1) is 15.5. The molecule has 1 aromatic rings. The van der Waals surface area contributed by atoms with Gasteiger partial charge in [-0.25, -0.2) is 0 Å². The number of nitrogens with one attached hydrogen (secondary N) is 1. The highest BCUT2D eigenvalue weighted by Crippen LogP contribution is 2.16. The summed E-state index contributed by atoms with van der Waals surface area (Å²) in [6.45, 7) is 11.6. The van der Waals surface area contributed by atoms with Gasteiger partial charge in [-0.05, 0) is 42.9 Å². The third kappa shape index (κ3) is 4.60. The van der Waals surface area contributed by atoms with E-state index >= 15 is 0 Å². The monoisotopic (exact) mass is 274 g/mol. The average molecular weight is 274 g/mol. The molecule has 1 atom stereocenters. The molecule has 1 N–H and O–H groups in total. The highest BCUT2D eigenvalue weighted by atomic mass is 15.2. The number of rotatable bonds is 7. The van der Waals surface area contributed by atoms with Crippen LogP contribution in [0.15, 0.2) is 24.3 Å². The Morgan fingerprint density at radius 3 is 2.60 bits per heavy atom. The van der Waals surface area contributed by atoms with Crippen molar-refractivity contribution in [3.63, 3.8) is 0 Å². The van der Waals surface area contributed by atoms with E-state index in [0.717, 1.165) is 18.9 Å². The van der Waals surface area contributed by atoms with Gasteiger partial charge in [-0.1, -0.05) is 45.0 Å². The van der Waals surface area contributed by atoms with Crippen LogP contribution in [0.4, 0.5) is 0 Å². The van der Waals surface area contributed by atoms with Crippen molar-refractivity contribution in [1.29, 1.82) is 0 Å². The fraction of sp³-hybridized carbons (Fsp3) is 0.667. The Balaban J connectivity index is 2.01. The summed E-state index contributed by atoms with van der Waals surface area (Å²) in [4.78, 5) is 2.64. The van der Waals surface area contributed by atoms with E-state index < -0.39 is 0 Å². The molecule has 20 heavy (non-hydrogen) atoms. The van der Waals surface area contributed by atoms with Crippen molar-refractivity contribution in [2.45, 2.75) is 52.6 Å². The van der Waals surface area contributed by atoms with Crippen molar-refractivity contribution in [3.8, 4) is 0 Å². The molecule has 1 heterocycles. The van der Waals surface area contributed by atoms with Crippen molar-refractivity contribution in [1.82, 2.24) is 10.2 Å². The zero-order valence-electron chi connectivity index (χ0n) is 13.4. The van der Waals surface area contributed by atoms with Crippen molar-refractivity contribution in [2.75, 3.05) is 19.6 Å². The number of hydrogen-bond acceptors (Lipinski definition) is 2. The average Bonchev–Trinajstić information content (AvgIpc) is 2.91. The van der Waals surface area contributed by atoms with Crippen LogP contribution >= 0.6 is 0 Å². The van der Waals surface area contributed by atoms with Crippen LogP contribution in [0, 0.1) is 5.92 Å². The minimum atomic E-state index is 0.697. The van der Waals surface area contributed by atoms with Crippen LogP contribution in [0.3, 0.4) is 0 Å². The van der Waals surface area contributed by atoms with E-state index in [1.165, 1.54) is 43.6 Å². The second kappa shape index (κ2) is 7.80. The van der Waals surface area contributed by atoms with Crippen molar-refractivity contribution in [3.05, 3.63) is 35.4 Å². The fourth-order valence-corrected chi connectivity index (χ4v) is 3.24. The Labute approximate surface area is 124 Å². The molecular formula is C18H30N2. The Bertz CT molecular complexity index is 394. The fourth-order valence-electron chi connectivity index (χ4n) is 3.24. The van der Waals surface area contributed by atoms with E-state index in [2.05, 4.69) is 55.3 Å². The summed E-state index contributed by atoms with van der Waals surface area (Å²) in [5.74, 6) is 0.727. The summed E-state index contributed by atoms with van der Waals surface area (Å²) >= 11 is 0. The minimum absolute atomic E-state index is 0.697. The molecule has 0 bridgehead atoms. The molecular weight excluding hydrogens is 244 g/mol. The molecule has 0 spiro atoms. The molecule has 0 amide bonds. The molecule has 0 aliphatic carbocycles. The molecule has 0 radical (unpaired) electrons. The van der Waals surface area contributed by atoms with Gasteiger partial charge in [0.2, 0.25) is 0 Å². The second-order valence-electron chi connectivity index (χ2n) is 6.50. The van der Waals surface area contributed by atoms with Crippen LogP contribution in [-0.4, -0.2) is 30.6 Å². The van der Waals surface area contributed by atoms with Crippen molar-refractivity contribution in [2.24, 2.45) is 5.92 Å². The molecule has 2 heteroatoms. The first-order chi connectivity index (χ1) is 9.69. The van der Waals surface area contributed by atoms with Crippen molar-refractivity contribution >= 4 is 0 Å². The lowest BCUT2D eigenvalue weighted by Crippen LogP contribution is -2.39. The molecule has 2 rings (SSSR count). The van der Waals surface area contributed by atoms with Gasteiger partial charge in [-0.15, -0.1) is 0 Å². The zero-order chi connectivity index (χ0) is 14.4. The van der Waals surface area contributed by atoms with Crippen LogP contribution in [0.1, 0.15) is 44.7 Å². The summed E-state index contributed by atoms with van der Waals surface area (Å²) in [5.41, 5.74) is 3.01. The van der Waals surface area contributed by atoms with Gasteiger partial charge < -0.3 is 5.32 Å². The van der Waals surface area contributed by atoms with Gasteiger partial charge in [-0.2, -0.15) is 0 Å². The maximum absolute atomic E-state index is 3.63. The smallest absolute Gasteiger partial charge is 0.0237 e. The third-order valence-corrected chi connectivity index (χ3v) is 4.16. The summed E-state index contributed by atoms with van der Waals surface area (Å²) in [6.07, 6.45) is 3.81. The van der Waals surface area contributed by atoms with Gasteiger partial charge in [0.1, 0.15) is 0 Å². The zero-order valence-corrected chi connectivity index (χ0v) is 13.4. The van der Waals surface area contributed by atoms with Gasteiger partial charge in [0.05, 0.1) is 0 Å². The van der Waals surface area contributed by atoms with E-state index in [0.29, 0.717) is 6.04 Å². The number of benzene rings is 1. The standard InChI is InChI=1S/C18H30N2/c1-4-16-8-5-6-9-17(16)13-20(12-15(2)3)14-18-10-7-11-19-18/h5-6,8-9,15,18-19H,4,7,10-14H2,1-3H3. The lowest BCUT2D eigenvalue weighted by atomic mass is 10.0. The number of aryl methyl sites for hydroxylation is 1.